The minimum atomic E-state index is -0.611. The molecule has 0 radical (unpaired) electrons. The monoisotopic (exact) mass is 327 g/mol. The van der Waals surface area contributed by atoms with E-state index in [0.29, 0.717) is 5.82 Å². The summed E-state index contributed by atoms with van der Waals surface area (Å²) in [4.78, 5) is 24.3. The number of carbonyl (C=O) groups is 2. The average Bonchev–Trinajstić information content (AvgIpc) is 3.27. The zero-order valence-electron chi connectivity index (χ0n) is 13.6. The highest BCUT2D eigenvalue weighted by Crippen LogP contribution is 2.24. The molecule has 0 saturated heterocycles. The average molecular weight is 327 g/mol. The lowest BCUT2D eigenvalue weighted by Gasteiger charge is -2.15. The van der Waals surface area contributed by atoms with Crippen LogP contribution >= 0.6 is 0 Å². The molecule has 7 heteroatoms. The first-order valence-corrected chi connectivity index (χ1v) is 8.22. The fourth-order valence-electron chi connectivity index (χ4n) is 2.85. The fourth-order valence-corrected chi connectivity index (χ4v) is 2.85. The van der Waals surface area contributed by atoms with E-state index in [9.17, 15) is 9.59 Å². The summed E-state index contributed by atoms with van der Waals surface area (Å²) in [6, 6.07) is 8.89. The summed E-state index contributed by atoms with van der Waals surface area (Å²) in [5, 5.41) is 13.4. The van der Waals surface area contributed by atoms with Gasteiger partial charge in [-0.15, -0.1) is 5.10 Å². The molecule has 3 rings (SSSR count). The van der Waals surface area contributed by atoms with E-state index in [4.69, 9.17) is 0 Å². The third kappa shape index (κ3) is 3.79. The molecular formula is C17H21N5O2. The maximum atomic E-state index is 12.2. The first kappa shape index (κ1) is 16.2. The maximum absolute atomic E-state index is 12.2. The van der Waals surface area contributed by atoms with Gasteiger partial charge in [0.15, 0.2) is 5.82 Å². The van der Waals surface area contributed by atoms with Crippen molar-refractivity contribution in [3.05, 3.63) is 36.5 Å². The molecule has 1 aliphatic carbocycles. The molecule has 1 atom stereocenters. The molecule has 7 nitrogen and oxygen atoms in total. The fraction of sp³-hybridized carbons (Fsp3) is 0.412. The Morgan fingerprint density at radius 1 is 1.21 bits per heavy atom. The van der Waals surface area contributed by atoms with Gasteiger partial charge in [0, 0.05) is 5.92 Å². The molecule has 1 aromatic heterocycles. The third-order valence-electron chi connectivity index (χ3n) is 4.24. The third-order valence-corrected chi connectivity index (χ3v) is 4.24. The Morgan fingerprint density at radius 3 is 2.62 bits per heavy atom. The van der Waals surface area contributed by atoms with Gasteiger partial charge in [-0.1, -0.05) is 36.3 Å². The number of nitrogens with zero attached hydrogens (tertiary/aromatic N) is 3. The summed E-state index contributed by atoms with van der Waals surface area (Å²) < 4.78 is 1.58. The highest BCUT2D eigenvalue weighted by molar-refractivity contribution is 5.96. The van der Waals surface area contributed by atoms with Gasteiger partial charge in [0.2, 0.25) is 11.8 Å². The second kappa shape index (κ2) is 7.25. The maximum Gasteiger partial charge on any atom is 0.247 e. The van der Waals surface area contributed by atoms with Crippen molar-refractivity contribution in [1.29, 1.82) is 0 Å². The summed E-state index contributed by atoms with van der Waals surface area (Å²) in [5.41, 5.74) is 0.855. The lowest BCUT2D eigenvalue weighted by atomic mass is 10.1. The topological polar surface area (TPSA) is 88.9 Å². The summed E-state index contributed by atoms with van der Waals surface area (Å²) in [5.74, 6) is 0.0505. The number of carbonyl (C=O) groups excluding carboxylic acids is 2. The van der Waals surface area contributed by atoms with Gasteiger partial charge in [-0.3, -0.25) is 9.59 Å². The van der Waals surface area contributed by atoms with E-state index >= 15 is 0 Å². The SMILES string of the molecule is CC(NC(=O)C1CCCC1)C(=O)Nc1cn(-c2ccccc2)nn1. The van der Waals surface area contributed by atoms with Gasteiger partial charge in [-0.05, 0) is 31.9 Å². The van der Waals surface area contributed by atoms with E-state index < -0.39 is 6.04 Å². The Morgan fingerprint density at radius 2 is 1.92 bits per heavy atom. The van der Waals surface area contributed by atoms with Crippen molar-refractivity contribution in [2.24, 2.45) is 5.92 Å². The van der Waals surface area contributed by atoms with E-state index in [2.05, 4.69) is 20.9 Å². The number of hydrogen-bond donors (Lipinski definition) is 2. The molecule has 1 unspecified atom stereocenters. The van der Waals surface area contributed by atoms with Crippen LogP contribution in [0.5, 0.6) is 0 Å². The van der Waals surface area contributed by atoms with Crippen LogP contribution in [0.1, 0.15) is 32.6 Å². The van der Waals surface area contributed by atoms with E-state index in [1.807, 2.05) is 30.3 Å². The molecule has 0 aliphatic heterocycles. The highest BCUT2D eigenvalue weighted by Gasteiger charge is 2.25. The standard InChI is InChI=1S/C17H21N5O2/c1-12(18-17(24)13-7-5-6-8-13)16(23)19-15-11-22(21-20-15)14-9-3-2-4-10-14/h2-4,9-13H,5-8H2,1H3,(H,18,24)(H,19,23). The van der Waals surface area contributed by atoms with Crippen molar-refractivity contribution in [1.82, 2.24) is 20.3 Å². The second-order valence-electron chi connectivity index (χ2n) is 6.08. The molecule has 2 amide bonds. The Hall–Kier alpha value is -2.70. The predicted octanol–water partition coefficient (Wildman–Crippen LogP) is 1.90. The summed E-state index contributed by atoms with van der Waals surface area (Å²) >= 11 is 0. The largest absolute Gasteiger partial charge is 0.344 e. The number of nitrogens with one attached hydrogen (secondary N) is 2. The van der Waals surface area contributed by atoms with Crippen LogP contribution in [-0.4, -0.2) is 32.9 Å². The Kier molecular flexibility index (Phi) is 4.88. The summed E-state index contributed by atoms with van der Waals surface area (Å²) in [6.45, 7) is 1.67. The van der Waals surface area contributed by atoms with Gasteiger partial charge in [0.1, 0.15) is 6.04 Å². The molecule has 1 fully saturated rings. The smallest absolute Gasteiger partial charge is 0.247 e. The summed E-state index contributed by atoms with van der Waals surface area (Å²) in [6.07, 6.45) is 5.62. The lowest BCUT2D eigenvalue weighted by molar-refractivity contribution is -0.128. The molecule has 24 heavy (non-hydrogen) atoms. The van der Waals surface area contributed by atoms with Crippen LogP contribution in [0.2, 0.25) is 0 Å². The van der Waals surface area contributed by atoms with Crippen molar-refractivity contribution in [3.63, 3.8) is 0 Å². The molecule has 2 aromatic rings. The van der Waals surface area contributed by atoms with Crippen LogP contribution in [0.25, 0.3) is 5.69 Å². The summed E-state index contributed by atoms with van der Waals surface area (Å²) in [7, 11) is 0. The van der Waals surface area contributed by atoms with Crippen LogP contribution in [0.4, 0.5) is 5.82 Å². The van der Waals surface area contributed by atoms with E-state index in [-0.39, 0.29) is 17.7 Å². The van der Waals surface area contributed by atoms with Crippen molar-refractivity contribution in [2.45, 2.75) is 38.6 Å². The van der Waals surface area contributed by atoms with Crippen LogP contribution < -0.4 is 10.6 Å². The molecule has 1 heterocycles. The Balaban J connectivity index is 1.56. The molecule has 2 N–H and O–H groups in total. The van der Waals surface area contributed by atoms with E-state index in [0.717, 1.165) is 31.4 Å². The number of amides is 2. The van der Waals surface area contributed by atoms with Crippen LogP contribution in [0.15, 0.2) is 36.5 Å². The predicted molar refractivity (Wildman–Crippen MR) is 89.6 cm³/mol. The molecule has 1 aromatic carbocycles. The van der Waals surface area contributed by atoms with Crippen LogP contribution in [0, 0.1) is 5.92 Å². The first-order valence-electron chi connectivity index (χ1n) is 8.22. The lowest BCUT2D eigenvalue weighted by Crippen LogP contribution is -2.43. The van der Waals surface area contributed by atoms with Crippen molar-refractivity contribution in [2.75, 3.05) is 5.32 Å². The number of anilines is 1. The Labute approximate surface area is 140 Å². The molecular weight excluding hydrogens is 306 g/mol. The number of para-hydroxylation sites is 1. The molecule has 1 aliphatic rings. The van der Waals surface area contributed by atoms with Crippen molar-refractivity contribution < 1.29 is 9.59 Å². The molecule has 0 spiro atoms. The first-order chi connectivity index (χ1) is 11.6. The van der Waals surface area contributed by atoms with E-state index in [1.54, 1.807) is 17.8 Å². The Bertz CT molecular complexity index is 707. The second-order valence-corrected chi connectivity index (χ2v) is 6.08. The molecule has 126 valence electrons. The van der Waals surface area contributed by atoms with Gasteiger partial charge in [-0.25, -0.2) is 4.68 Å². The highest BCUT2D eigenvalue weighted by atomic mass is 16.2. The van der Waals surface area contributed by atoms with Crippen LogP contribution in [0.3, 0.4) is 0 Å². The number of rotatable bonds is 5. The number of aromatic nitrogens is 3. The normalized spacial score (nSPS) is 15.9. The van der Waals surface area contributed by atoms with Gasteiger partial charge in [0.25, 0.3) is 0 Å². The van der Waals surface area contributed by atoms with Crippen molar-refractivity contribution in [3.8, 4) is 5.69 Å². The minimum absolute atomic E-state index is 0.0388. The van der Waals surface area contributed by atoms with Crippen molar-refractivity contribution >= 4 is 17.6 Å². The van der Waals surface area contributed by atoms with Gasteiger partial charge in [-0.2, -0.15) is 0 Å². The van der Waals surface area contributed by atoms with Gasteiger partial charge >= 0.3 is 0 Å². The quantitative estimate of drug-likeness (QED) is 0.878. The van der Waals surface area contributed by atoms with Gasteiger partial charge < -0.3 is 10.6 Å². The number of benzene rings is 1. The van der Waals surface area contributed by atoms with Crippen LogP contribution in [-0.2, 0) is 9.59 Å². The zero-order chi connectivity index (χ0) is 16.9. The molecule has 1 saturated carbocycles. The zero-order valence-corrected chi connectivity index (χ0v) is 13.6. The number of hydrogen-bond acceptors (Lipinski definition) is 4. The van der Waals surface area contributed by atoms with Gasteiger partial charge in [0.05, 0.1) is 11.9 Å². The molecule has 0 bridgehead atoms. The van der Waals surface area contributed by atoms with E-state index in [1.165, 1.54) is 0 Å². The minimum Gasteiger partial charge on any atom is -0.344 e.